The van der Waals surface area contributed by atoms with E-state index in [1.54, 1.807) is 16.0 Å². The van der Waals surface area contributed by atoms with Crippen molar-refractivity contribution in [1.29, 1.82) is 0 Å². The third-order valence-corrected chi connectivity index (χ3v) is 3.97. The van der Waals surface area contributed by atoms with Crippen LogP contribution in [0.4, 0.5) is 0 Å². The summed E-state index contributed by atoms with van der Waals surface area (Å²) in [6.45, 7) is 4.96. The number of hydrogen-bond acceptors (Lipinski definition) is 5. The Kier molecular flexibility index (Phi) is 3.90. The number of aromatic nitrogens is 4. The van der Waals surface area contributed by atoms with Gasteiger partial charge in [0.1, 0.15) is 0 Å². The van der Waals surface area contributed by atoms with Crippen molar-refractivity contribution in [2.24, 2.45) is 7.05 Å². The number of thiazole rings is 1. The normalized spacial score (nSPS) is 12.9. The van der Waals surface area contributed by atoms with Crippen molar-refractivity contribution in [2.75, 3.05) is 6.54 Å². The summed E-state index contributed by atoms with van der Waals surface area (Å²) in [4.78, 5) is 5.48. The molecule has 0 fully saturated rings. The summed E-state index contributed by atoms with van der Waals surface area (Å²) in [6, 6.07) is 0.0839. The van der Waals surface area contributed by atoms with Gasteiger partial charge >= 0.3 is 0 Å². The third kappa shape index (κ3) is 2.56. The molecule has 0 radical (unpaired) electrons. The maximum atomic E-state index is 4.30. The molecule has 0 bridgehead atoms. The zero-order valence-corrected chi connectivity index (χ0v) is 12.3. The summed E-state index contributed by atoms with van der Waals surface area (Å²) in [5.74, 6) is 0. The Hall–Kier alpha value is -0.790. The number of hydrogen-bond donors (Lipinski definition) is 1. The molecule has 2 aromatic rings. The zero-order chi connectivity index (χ0) is 12.4. The number of aryl methyl sites for hydroxylation is 2. The SMILES string of the molecule is CCNC(c1cnc(C)s1)c1c(Br)nnn1C. The quantitative estimate of drug-likeness (QED) is 0.938. The Morgan fingerprint density at radius 2 is 2.35 bits per heavy atom. The van der Waals surface area contributed by atoms with Crippen molar-refractivity contribution in [1.82, 2.24) is 25.3 Å². The van der Waals surface area contributed by atoms with Gasteiger partial charge < -0.3 is 5.32 Å². The fourth-order valence-corrected chi connectivity index (χ4v) is 3.11. The van der Waals surface area contributed by atoms with Crippen molar-refractivity contribution in [3.8, 4) is 0 Å². The van der Waals surface area contributed by atoms with Crippen molar-refractivity contribution in [3.63, 3.8) is 0 Å². The van der Waals surface area contributed by atoms with Gasteiger partial charge in [0.15, 0.2) is 4.60 Å². The van der Waals surface area contributed by atoms with Gasteiger partial charge in [0.25, 0.3) is 0 Å². The highest BCUT2D eigenvalue weighted by Gasteiger charge is 2.22. The largest absolute Gasteiger partial charge is 0.304 e. The first-order valence-electron chi connectivity index (χ1n) is 5.34. The predicted octanol–water partition coefficient (Wildman–Crippen LogP) is 2.04. The Labute approximate surface area is 112 Å². The minimum atomic E-state index is 0.0839. The summed E-state index contributed by atoms with van der Waals surface area (Å²) in [5, 5.41) is 12.5. The summed E-state index contributed by atoms with van der Waals surface area (Å²) in [7, 11) is 1.89. The second-order valence-electron chi connectivity index (χ2n) is 3.66. The van der Waals surface area contributed by atoms with E-state index in [1.165, 1.54) is 4.88 Å². The molecule has 1 N–H and O–H groups in total. The van der Waals surface area contributed by atoms with Gasteiger partial charge in [0, 0.05) is 18.1 Å². The highest BCUT2D eigenvalue weighted by Crippen LogP contribution is 2.29. The van der Waals surface area contributed by atoms with E-state index in [0.29, 0.717) is 0 Å². The first kappa shape index (κ1) is 12.7. The molecule has 0 saturated carbocycles. The molecule has 2 aromatic heterocycles. The zero-order valence-electron chi connectivity index (χ0n) is 9.94. The standard InChI is InChI=1S/C10H14BrN5S/c1-4-12-8(7-5-13-6(2)17-7)9-10(11)14-15-16(9)3/h5,8,12H,4H2,1-3H3. The van der Waals surface area contributed by atoms with Crippen LogP contribution in [0.5, 0.6) is 0 Å². The van der Waals surface area contributed by atoms with E-state index in [1.807, 2.05) is 20.2 Å². The van der Waals surface area contributed by atoms with Crippen LogP contribution in [-0.4, -0.2) is 26.5 Å². The number of nitrogens with zero attached hydrogens (tertiary/aromatic N) is 4. The summed E-state index contributed by atoms with van der Waals surface area (Å²) < 4.78 is 2.56. The van der Waals surface area contributed by atoms with Crippen LogP contribution < -0.4 is 5.32 Å². The molecular weight excluding hydrogens is 302 g/mol. The van der Waals surface area contributed by atoms with E-state index in [2.05, 4.69) is 43.5 Å². The molecule has 7 heteroatoms. The highest BCUT2D eigenvalue weighted by molar-refractivity contribution is 9.10. The maximum Gasteiger partial charge on any atom is 0.153 e. The Morgan fingerprint density at radius 3 is 2.82 bits per heavy atom. The lowest BCUT2D eigenvalue weighted by Crippen LogP contribution is -2.23. The minimum absolute atomic E-state index is 0.0839. The Morgan fingerprint density at radius 1 is 1.59 bits per heavy atom. The summed E-state index contributed by atoms with van der Waals surface area (Å²) >= 11 is 5.13. The van der Waals surface area contributed by atoms with Gasteiger partial charge in [-0.2, -0.15) is 0 Å². The third-order valence-electron chi connectivity index (χ3n) is 2.43. The van der Waals surface area contributed by atoms with Gasteiger partial charge in [0.05, 0.1) is 16.7 Å². The molecule has 0 spiro atoms. The van der Waals surface area contributed by atoms with Crippen LogP contribution in [0.2, 0.25) is 0 Å². The molecule has 0 amide bonds. The van der Waals surface area contributed by atoms with Gasteiger partial charge in [0.2, 0.25) is 0 Å². The topological polar surface area (TPSA) is 55.6 Å². The smallest absolute Gasteiger partial charge is 0.153 e. The summed E-state index contributed by atoms with van der Waals surface area (Å²) in [6.07, 6.45) is 1.91. The molecule has 17 heavy (non-hydrogen) atoms. The summed E-state index contributed by atoms with van der Waals surface area (Å²) in [5.41, 5.74) is 1.02. The Bertz CT molecular complexity index is 487. The molecule has 1 unspecified atom stereocenters. The lowest BCUT2D eigenvalue weighted by molar-refractivity contribution is 0.572. The van der Waals surface area contributed by atoms with Crippen LogP contribution in [0.15, 0.2) is 10.8 Å². The van der Waals surface area contributed by atoms with E-state index < -0.39 is 0 Å². The van der Waals surface area contributed by atoms with Gasteiger partial charge in [-0.1, -0.05) is 12.1 Å². The van der Waals surface area contributed by atoms with Gasteiger partial charge in [-0.05, 0) is 29.4 Å². The van der Waals surface area contributed by atoms with Gasteiger partial charge in [-0.15, -0.1) is 16.4 Å². The molecule has 0 aliphatic rings. The first-order valence-corrected chi connectivity index (χ1v) is 6.95. The lowest BCUT2D eigenvalue weighted by atomic mass is 10.2. The maximum absolute atomic E-state index is 4.30. The van der Waals surface area contributed by atoms with Crippen LogP contribution in [-0.2, 0) is 7.05 Å². The Balaban J connectivity index is 2.42. The van der Waals surface area contributed by atoms with Crippen molar-refractivity contribution in [3.05, 3.63) is 26.4 Å². The van der Waals surface area contributed by atoms with Crippen molar-refractivity contribution in [2.45, 2.75) is 19.9 Å². The average Bonchev–Trinajstić information content (AvgIpc) is 2.84. The average molecular weight is 316 g/mol. The van der Waals surface area contributed by atoms with E-state index in [-0.39, 0.29) is 6.04 Å². The second kappa shape index (κ2) is 5.24. The molecule has 2 heterocycles. The molecule has 1 atom stereocenters. The molecule has 0 aliphatic heterocycles. The van der Waals surface area contributed by atoms with E-state index in [9.17, 15) is 0 Å². The van der Waals surface area contributed by atoms with Crippen LogP contribution >= 0.6 is 27.3 Å². The van der Waals surface area contributed by atoms with Crippen LogP contribution in [0.3, 0.4) is 0 Å². The fourth-order valence-electron chi connectivity index (χ4n) is 1.69. The molecular formula is C10H14BrN5S. The number of halogens is 1. The molecule has 0 aliphatic carbocycles. The lowest BCUT2D eigenvalue weighted by Gasteiger charge is -2.16. The number of nitrogens with one attached hydrogen (secondary N) is 1. The molecule has 2 rings (SSSR count). The van der Waals surface area contributed by atoms with Gasteiger partial charge in [-0.25, -0.2) is 9.67 Å². The van der Waals surface area contributed by atoms with Crippen molar-refractivity contribution >= 4 is 27.3 Å². The van der Waals surface area contributed by atoms with Crippen LogP contribution in [0, 0.1) is 6.92 Å². The van der Waals surface area contributed by atoms with Crippen LogP contribution in [0.25, 0.3) is 0 Å². The number of rotatable bonds is 4. The molecule has 92 valence electrons. The minimum Gasteiger partial charge on any atom is -0.304 e. The monoisotopic (exact) mass is 315 g/mol. The predicted molar refractivity (Wildman–Crippen MR) is 71.1 cm³/mol. The van der Waals surface area contributed by atoms with Crippen LogP contribution in [0.1, 0.15) is 28.5 Å². The van der Waals surface area contributed by atoms with E-state index in [4.69, 9.17) is 0 Å². The van der Waals surface area contributed by atoms with E-state index >= 15 is 0 Å². The highest BCUT2D eigenvalue weighted by atomic mass is 79.9. The van der Waals surface area contributed by atoms with Gasteiger partial charge in [-0.3, -0.25) is 0 Å². The second-order valence-corrected chi connectivity index (χ2v) is 5.68. The van der Waals surface area contributed by atoms with Crippen molar-refractivity contribution < 1.29 is 0 Å². The molecule has 0 aromatic carbocycles. The first-order chi connectivity index (χ1) is 8.13. The van der Waals surface area contributed by atoms with E-state index in [0.717, 1.165) is 21.8 Å². The molecule has 0 saturated heterocycles. The molecule has 5 nitrogen and oxygen atoms in total. The fraction of sp³-hybridized carbons (Fsp3) is 0.500.